The van der Waals surface area contributed by atoms with E-state index in [1.54, 1.807) is 32.2 Å². The summed E-state index contributed by atoms with van der Waals surface area (Å²) in [6, 6.07) is 5.40. The number of nitrogens with two attached hydrogens (primary N) is 1. The largest absolute Gasteiger partial charge is 0.462 e. The fraction of sp³-hybridized carbons (Fsp3) is 0.231. The van der Waals surface area contributed by atoms with Crippen LogP contribution >= 0.6 is 0 Å². The molecule has 98 valence electrons. The summed E-state index contributed by atoms with van der Waals surface area (Å²) in [6.07, 6.45) is 1.64. The van der Waals surface area contributed by atoms with Gasteiger partial charge in [-0.25, -0.2) is 14.8 Å². The molecule has 0 aliphatic heterocycles. The van der Waals surface area contributed by atoms with Crippen molar-refractivity contribution in [2.45, 2.75) is 13.8 Å². The Morgan fingerprint density at radius 2 is 2.16 bits per heavy atom. The van der Waals surface area contributed by atoms with Crippen molar-refractivity contribution >= 4 is 11.8 Å². The summed E-state index contributed by atoms with van der Waals surface area (Å²) < 4.78 is 4.92. The number of hydrogen-bond donors (Lipinski definition) is 1. The normalized spacial score (nSPS) is 10.2. The predicted octanol–water partition coefficient (Wildman–Crippen LogP) is 1.61. The maximum Gasteiger partial charge on any atom is 0.343 e. The molecule has 6 heteroatoms. The maximum absolute atomic E-state index is 11.7. The van der Waals surface area contributed by atoms with Crippen molar-refractivity contribution < 1.29 is 9.53 Å². The number of carbonyl (C=O) groups is 1. The molecule has 0 atom stereocenters. The van der Waals surface area contributed by atoms with Crippen molar-refractivity contribution in [1.82, 2.24) is 15.0 Å². The van der Waals surface area contributed by atoms with Gasteiger partial charge in [0.05, 0.1) is 12.3 Å². The molecule has 0 aliphatic rings. The number of nitrogen functional groups attached to an aromatic ring is 1. The summed E-state index contributed by atoms with van der Waals surface area (Å²) in [5, 5.41) is 0. The average molecular weight is 258 g/mol. The van der Waals surface area contributed by atoms with Crippen LogP contribution in [0.4, 0.5) is 5.82 Å². The molecule has 0 bridgehead atoms. The highest BCUT2D eigenvalue weighted by molar-refractivity contribution is 5.95. The third-order valence-electron chi connectivity index (χ3n) is 2.49. The molecule has 0 saturated carbocycles. The van der Waals surface area contributed by atoms with Crippen LogP contribution in [0.1, 0.15) is 23.0 Å². The molecule has 0 fully saturated rings. The van der Waals surface area contributed by atoms with Gasteiger partial charge in [-0.15, -0.1) is 0 Å². The van der Waals surface area contributed by atoms with Crippen LogP contribution in [0.2, 0.25) is 0 Å². The summed E-state index contributed by atoms with van der Waals surface area (Å²) in [5.74, 6) is -0.0136. The van der Waals surface area contributed by atoms with Gasteiger partial charge in [0.2, 0.25) is 0 Å². The lowest BCUT2D eigenvalue weighted by Gasteiger charge is -2.09. The SMILES string of the molecule is CCOC(=O)c1c(C)nc(-c2ccccn2)nc1N. The van der Waals surface area contributed by atoms with E-state index in [1.807, 2.05) is 6.07 Å². The highest BCUT2D eigenvalue weighted by Crippen LogP contribution is 2.19. The van der Waals surface area contributed by atoms with Gasteiger partial charge in [0.25, 0.3) is 0 Å². The lowest BCUT2D eigenvalue weighted by Crippen LogP contribution is -2.13. The predicted molar refractivity (Wildman–Crippen MR) is 70.4 cm³/mol. The lowest BCUT2D eigenvalue weighted by atomic mass is 10.2. The highest BCUT2D eigenvalue weighted by atomic mass is 16.5. The number of aromatic nitrogens is 3. The summed E-state index contributed by atoms with van der Waals surface area (Å²) in [4.78, 5) is 24.2. The van der Waals surface area contributed by atoms with E-state index in [-0.39, 0.29) is 18.0 Å². The topological polar surface area (TPSA) is 91.0 Å². The van der Waals surface area contributed by atoms with Crippen molar-refractivity contribution in [2.75, 3.05) is 12.3 Å². The van der Waals surface area contributed by atoms with Gasteiger partial charge >= 0.3 is 5.97 Å². The molecule has 2 N–H and O–H groups in total. The molecule has 2 heterocycles. The zero-order valence-corrected chi connectivity index (χ0v) is 10.8. The fourth-order valence-electron chi connectivity index (χ4n) is 1.66. The van der Waals surface area contributed by atoms with Crippen LogP contribution in [0.3, 0.4) is 0 Å². The van der Waals surface area contributed by atoms with Gasteiger partial charge < -0.3 is 10.5 Å². The molecule has 0 amide bonds. The number of hydrogen-bond acceptors (Lipinski definition) is 6. The molecule has 0 unspecified atom stereocenters. The second-order valence-corrected chi connectivity index (χ2v) is 3.83. The monoisotopic (exact) mass is 258 g/mol. The first-order valence-electron chi connectivity index (χ1n) is 5.86. The first-order valence-corrected chi connectivity index (χ1v) is 5.86. The number of aryl methyl sites for hydroxylation is 1. The van der Waals surface area contributed by atoms with E-state index in [9.17, 15) is 4.79 Å². The number of carbonyl (C=O) groups excluding carboxylic acids is 1. The Kier molecular flexibility index (Phi) is 3.70. The van der Waals surface area contributed by atoms with E-state index in [1.165, 1.54) is 0 Å². The minimum Gasteiger partial charge on any atom is -0.462 e. The molecular formula is C13H14N4O2. The van der Waals surface area contributed by atoms with Crippen LogP contribution in [0, 0.1) is 6.92 Å². The van der Waals surface area contributed by atoms with Crippen LogP contribution in [0.5, 0.6) is 0 Å². The van der Waals surface area contributed by atoms with Gasteiger partial charge in [0, 0.05) is 6.20 Å². The van der Waals surface area contributed by atoms with Gasteiger partial charge in [0.1, 0.15) is 17.1 Å². The molecule has 0 aromatic carbocycles. The Hall–Kier alpha value is -2.50. The third-order valence-corrected chi connectivity index (χ3v) is 2.49. The van der Waals surface area contributed by atoms with E-state index in [0.717, 1.165) is 0 Å². The highest BCUT2D eigenvalue weighted by Gasteiger charge is 2.18. The molecule has 19 heavy (non-hydrogen) atoms. The summed E-state index contributed by atoms with van der Waals surface area (Å²) in [5.41, 5.74) is 7.10. The van der Waals surface area contributed by atoms with Gasteiger partial charge in [-0.05, 0) is 26.0 Å². The first kappa shape index (κ1) is 12.9. The average Bonchev–Trinajstić information content (AvgIpc) is 2.39. The minimum absolute atomic E-state index is 0.103. The van der Waals surface area contributed by atoms with Crippen LogP contribution in [0.25, 0.3) is 11.5 Å². The van der Waals surface area contributed by atoms with Crippen LogP contribution < -0.4 is 5.73 Å². The summed E-state index contributed by atoms with van der Waals surface area (Å²) >= 11 is 0. The molecule has 2 rings (SSSR count). The number of pyridine rings is 1. The Morgan fingerprint density at radius 1 is 1.37 bits per heavy atom. The Balaban J connectivity index is 2.45. The molecule has 0 saturated heterocycles. The van der Waals surface area contributed by atoms with Crippen LogP contribution in [0.15, 0.2) is 24.4 Å². The number of rotatable bonds is 3. The molecule has 6 nitrogen and oxygen atoms in total. The van der Waals surface area contributed by atoms with E-state index in [2.05, 4.69) is 15.0 Å². The van der Waals surface area contributed by atoms with Gasteiger partial charge in [-0.1, -0.05) is 6.07 Å². The van der Waals surface area contributed by atoms with E-state index >= 15 is 0 Å². The second-order valence-electron chi connectivity index (χ2n) is 3.83. The van der Waals surface area contributed by atoms with Crippen molar-refractivity contribution in [2.24, 2.45) is 0 Å². The molecule has 0 aliphatic carbocycles. The standard InChI is InChI=1S/C13H14N4O2/c1-3-19-13(18)10-8(2)16-12(17-11(10)14)9-6-4-5-7-15-9/h4-7H,3H2,1-2H3,(H2,14,16,17). The maximum atomic E-state index is 11.7. The van der Waals surface area contributed by atoms with Crippen LogP contribution in [-0.2, 0) is 4.74 Å². The lowest BCUT2D eigenvalue weighted by molar-refractivity contribution is 0.0526. The van der Waals surface area contributed by atoms with Gasteiger partial charge in [0.15, 0.2) is 5.82 Å². The van der Waals surface area contributed by atoms with E-state index in [4.69, 9.17) is 10.5 Å². The van der Waals surface area contributed by atoms with E-state index in [0.29, 0.717) is 17.2 Å². The second kappa shape index (κ2) is 5.43. The molecule has 0 radical (unpaired) electrons. The zero-order valence-electron chi connectivity index (χ0n) is 10.8. The smallest absolute Gasteiger partial charge is 0.343 e. The number of anilines is 1. The van der Waals surface area contributed by atoms with Crippen LogP contribution in [-0.4, -0.2) is 27.5 Å². The molecule has 2 aromatic heterocycles. The van der Waals surface area contributed by atoms with E-state index < -0.39 is 5.97 Å². The van der Waals surface area contributed by atoms with Gasteiger partial charge in [-0.2, -0.15) is 0 Å². The minimum atomic E-state index is -0.509. The summed E-state index contributed by atoms with van der Waals surface area (Å²) in [7, 11) is 0. The van der Waals surface area contributed by atoms with Crippen molar-refractivity contribution in [3.8, 4) is 11.5 Å². The number of nitrogens with zero attached hydrogens (tertiary/aromatic N) is 3. The molecular weight excluding hydrogens is 244 g/mol. The summed E-state index contributed by atoms with van der Waals surface area (Å²) in [6.45, 7) is 3.70. The fourth-order valence-corrected chi connectivity index (χ4v) is 1.66. The number of esters is 1. The molecule has 0 spiro atoms. The molecule has 2 aromatic rings. The Morgan fingerprint density at radius 3 is 2.74 bits per heavy atom. The Labute approximate surface area is 110 Å². The van der Waals surface area contributed by atoms with Crippen molar-refractivity contribution in [3.05, 3.63) is 35.7 Å². The third kappa shape index (κ3) is 2.67. The van der Waals surface area contributed by atoms with Crippen molar-refractivity contribution in [1.29, 1.82) is 0 Å². The Bertz CT molecular complexity index is 576. The zero-order chi connectivity index (χ0) is 13.8. The quantitative estimate of drug-likeness (QED) is 0.841. The number of ether oxygens (including phenoxy) is 1. The van der Waals surface area contributed by atoms with Crippen molar-refractivity contribution in [3.63, 3.8) is 0 Å². The van der Waals surface area contributed by atoms with Gasteiger partial charge in [-0.3, -0.25) is 4.98 Å². The first-order chi connectivity index (χ1) is 9.13.